The number of carboxylic acids is 1. The van der Waals surface area contributed by atoms with Gasteiger partial charge in [-0.1, -0.05) is 72.3 Å². The average molecular weight is 514 g/mol. The maximum Gasteiger partial charge on any atom is 0.357 e. The molecular formula is C29H27N3O4S. The van der Waals surface area contributed by atoms with E-state index in [1.165, 1.54) is 12.1 Å². The number of aromatic nitrogens is 2. The highest BCUT2D eigenvalue weighted by Crippen LogP contribution is 2.43. The second-order valence-corrected chi connectivity index (χ2v) is 11.2. The lowest BCUT2D eigenvalue weighted by Crippen LogP contribution is -2.33. The smallest absolute Gasteiger partial charge is 0.357 e. The maximum absolute atomic E-state index is 13.8. The number of carbonyl (C=O) groups is 1. The fraction of sp³-hybridized carbons (Fsp3) is 0.172. The van der Waals surface area contributed by atoms with Gasteiger partial charge in [-0.15, -0.1) is 5.10 Å². The van der Waals surface area contributed by atoms with Gasteiger partial charge in [0, 0.05) is 37.2 Å². The van der Waals surface area contributed by atoms with E-state index in [4.69, 9.17) is 0 Å². The molecule has 1 N–H and O–H groups in total. The molecule has 1 heterocycles. The van der Waals surface area contributed by atoms with Crippen LogP contribution in [0.2, 0.25) is 0 Å². The number of nitrogens with zero attached hydrogens (tertiary/aromatic N) is 3. The van der Waals surface area contributed by atoms with Crippen LogP contribution < -0.4 is 4.90 Å². The fourth-order valence-electron chi connectivity index (χ4n) is 4.86. The number of aryl methyl sites for hydroxylation is 1. The lowest BCUT2D eigenvalue weighted by atomic mass is 9.68. The van der Waals surface area contributed by atoms with Crippen LogP contribution in [0.25, 0.3) is 6.08 Å². The summed E-state index contributed by atoms with van der Waals surface area (Å²) in [6, 6.07) is 24.4. The third-order valence-electron chi connectivity index (χ3n) is 6.88. The van der Waals surface area contributed by atoms with Crippen LogP contribution in [0.15, 0.2) is 89.8 Å². The zero-order valence-corrected chi connectivity index (χ0v) is 21.6. The van der Waals surface area contributed by atoms with Crippen LogP contribution in [0, 0.1) is 6.92 Å². The molecule has 1 aliphatic carbocycles. The van der Waals surface area contributed by atoms with Gasteiger partial charge in [-0.25, -0.2) is 4.79 Å². The van der Waals surface area contributed by atoms with Crippen LogP contribution in [0.5, 0.6) is 0 Å². The van der Waals surface area contributed by atoms with Crippen molar-refractivity contribution < 1.29 is 18.3 Å². The Hall–Kier alpha value is -4.17. The molecule has 0 bridgehead atoms. The zero-order valence-electron chi connectivity index (χ0n) is 20.8. The molecule has 0 amide bonds. The molecule has 4 aromatic rings. The van der Waals surface area contributed by atoms with E-state index in [9.17, 15) is 18.3 Å². The van der Waals surface area contributed by atoms with Gasteiger partial charge >= 0.3 is 5.97 Å². The third-order valence-corrected chi connectivity index (χ3v) is 8.51. The Kier molecular flexibility index (Phi) is 6.00. The lowest BCUT2D eigenvalue weighted by Gasteiger charge is -2.35. The highest BCUT2D eigenvalue weighted by Gasteiger charge is 2.40. The Bertz CT molecular complexity index is 1620. The molecule has 1 unspecified atom stereocenters. The summed E-state index contributed by atoms with van der Waals surface area (Å²) in [6.45, 7) is 1.87. The van der Waals surface area contributed by atoms with Crippen molar-refractivity contribution in [3.8, 4) is 0 Å². The fourth-order valence-corrected chi connectivity index (χ4v) is 6.18. The van der Waals surface area contributed by atoms with Gasteiger partial charge < -0.3 is 10.0 Å². The van der Waals surface area contributed by atoms with Crippen molar-refractivity contribution in [3.05, 3.63) is 119 Å². The molecule has 1 atom stereocenters. The minimum Gasteiger partial charge on any atom is -0.476 e. The predicted octanol–water partition coefficient (Wildman–Crippen LogP) is 4.75. The summed E-state index contributed by atoms with van der Waals surface area (Å²) >= 11 is 0. The Morgan fingerprint density at radius 2 is 1.65 bits per heavy atom. The first-order valence-corrected chi connectivity index (χ1v) is 13.3. The second-order valence-electron chi connectivity index (χ2n) is 9.47. The van der Waals surface area contributed by atoms with Crippen LogP contribution in [0.3, 0.4) is 0 Å². The molecule has 0 aliphatic heterocycles. The number of benzene rings is 3. The standard InChI is InChI=1S/C29H27N3O4S/c1-20-12-14-24(15-13-20)37(35,36)32-26-19-29(21-8-5-4-6-9-21,17-16-25(26)27(30-32)28(33)34)22-10-7-11-23(18-22)31(2)3/h4-18H,19H2,1-3H3,(H,33,34). The molecule has 1 aliphatic rings. The molecule has 8 heteroatoms. The van der Waals surface area contributed by atoms with Crippen molar-refractivity contribution in [2.24, 2.45) is 0 Å². The van der Waals surface area contributed by atoms with Gasteiger partial charge in [-0.3, -0.25) is 0 Å². The molecular weight excluding hydrogens is 486 g/mol. The molecule has 37 heavy (non-hydrogen) atoms. The number of aromatic carboxylic acids is 1. The SMILES string of the molecule is Cc1ccc(S(=O)(=O)n2nc(C(=O)O)c3c2CC(c2ccccc2)(c2cccc(N(C)C)c2)C=C3)cc1. The molecule has 0 spiro atoms. The van der Waals surface area contributed by atoms with E-state index in [0.717, 1.165) is 26.5 Å². The Labute approximate surface area is 216 Å². The first-order chi connectivity index (χ1) is 17.6. The van der Waals surface area contributed by atoms with Crippen molar-refractivity contribution in [1.29, 1.82) is 0 Å². The number of anilines is 1. The summed E-state index contributed by atoms with van der Waals surface area (Å²) < 4.78 is 28.4. The number of hydrogen-bond acceptors (Lipinski definition) is 5. The number of fused-ring (bicyclic) bond motifs is 1. The first-order valence-electron chi connectivity index (χ1n) is 11.8. The quantitative estimate of drug-likeness (QED) is 0.400. The second kappa shape index (κ2) is 9.05. The van der Waals surface area contributed by atoms with Crippen molar-refractivity contribution in [2.75, 3.05) is 19.0 Å². The molecule has 0 fully saturated rings. The predicted molar refractivity (Wildman–Crippen MR) is 144 cm³/mol. The summed E-state index contributed by atoms with van der Waals surface area (Å²) in [6.07, 6.45) is 3.88. The highest BCUT2D eigenvalue weighted by atomic mass is 32.2. The van der Waals surface area contributed by atoms with Gasteiger partial charge in [0.1, 0.15) is 0 Å². The van der Waals surface area contributed by atoms with Gasteiger partial charge in [-0.05, 0) is 42.3 Å². The van der Waals surface area contributed by atoms with E-state index in [2.05, 4.69) is 11.2 Å². The molecule has 3 aromatic carbocycles. The maximum atomic E-state index is 13.8. The molecule has 5 rings (SSSR count). The van der Waals surface area contributed by atoms with E-state index in [1.54, 1.807) is 18.2 Å². The molecule has 0 radical (unpaired) electrons. The molecule has 7 nitrogen and oxygen atoms in total. The Morgan fingerprint density at radius 1 is 0.973 bits per heavy atom. The first kappa shape index (κ1) is 24.5. The van der Waals surface area contributed by atoms with Crippen molar-refractivity contribution in [3.63, 3.8) is 0 Å². The van der Waals surface area contributed by atoms with E-state index in [-0.39, 0.29) is 17.0 Å². The highest BCUT2D eigenvalue weighted by molar-refractivity contribution is 7.89. The van der Waals surface area contributed by atoms with Crippen LogP contribution in [-0.2, 0) is 21.9 Å². The van der Waals surface area contributed by atoms with Crippen molar-refractivity contribution in [1.82, 2.24) is 9.19 Å². The molecule has 188 valence electrons. The van der Waals surface area contributed by atoms with E-state index in [1.807, 2.05) is 80.5 Å². The largest absolute Gasteiger partial charge is 0.476 e. The summed E-state index contributed by atoms with van der Waals surface area (Å²) in [5.74, 6) is -1.28. The Morgan fingerprint density at radius 3 is 2.30 bits per heavy atom. The normalized spacial score (nSPS) is 16.8. The van der Waals surface area contributed by atoms with Gasteiger partial charge in [0.25, 0.3) is 10.0 Å². The topological polar surface area (TPSA) is 92.5 Å². The zero-order chi connectivity index (χ0) is 26.4. The summed E-state index contributed by atoms with van der Waals surface area (Å²) in [5.41, 5.74) is 3.45. The summed E-state index contributed by atoms with van der Waals surface area (Å²) in [4.78, 5) is 14.2. The number of allylic oxidation sites excluding steroid dienone is 1. The molecule has 0 saturated heterocycles. The Balaban J connectivity index is 1.76. The van der Waals surface area contributed by atoms with Crippen LogP contribution >= 0.6 is 0 Å². The monoisotopic (exact) mass is 513 g/mol. The van der Waals surface area contributed by atoms with Gasteiger partial charge in [-0.2, -0.15) is 12.5 Å². The van der Waals surface area contributed by atoms with E-state index < -0.39 is 21.4 Å². The van der Waals surface area contributed by atoms with Crippen LogP contribution in [0.4, 0.5) is 5.69 Å². The lowest BCUT2D eigenvalue weighted by molar-refractivity contribution is 0.0690. The van der Waals surface area contributed by atoms with Gasteiger partial charge in [0.15, 0.2) is 5.69 Å². The molecule has 0 saturated carbocycles. The van der Waals surface area contributed by atoms with E-state index >= 15 is 0 Å². The average Bonchev–Trinajstić information content (AvgIpc) is 3.29. The minimum atomic E-state index is -4.15. The van der Waals surface area contributed by atoms with Crippen molar-refractivity contribution in [2.45, 2.75) is 23.7 Å². The van der Waals surface area contributed by atoms with Crippen LogP contribution in [-0.4, -0.2) is 42.8 Å². The van der Waals surface area contributed by atoms with Crippen molar-refractivity contribution >= 4 is 27.8 Å². The van der Waals surface area contributed by atoms with E-state index in [0.29, 0.717) is 11.3 Å². The third kappa shape index (κ3) is 4.13. The molecule has 1 aromatic heterocycles. The number of hydrogen-bond donors (Lipinski definition) is 1. The summed E-state index contributed by atoms with van der Waals surface area (Å²) in [5, 5.41) is 14.0. The minimum absolute atomic E-state index is 0.0507. The van der Waals surface area contributed by atoms with Crippen LogP contribution in [0.1, 0.15) is 38.4 Å². The summed E-state index contributed by atoms with van der Waals surface area (Å²) in [7, 11) is -0.218. The number of rotatable bonds is 6. The van der Waals surface area contributed by atoms with Gasteiger partial charge in [0.05, 0.1) is 10.6 Å². The van der Waals surface area contributed by atoms with Gasteiger partial charge in [0.2, 0.25) is 0 Å². The number of carboxylic acid groups (broad SMARTS) is 1.